The van der Waals surface area contributed by atoms with Crippen LogP contribution in [0.15, 0.2) is 65.5 Å². The number of aromatic nitrogens is 3. The van der Waals surface area contributed by atoms with Crippen molar-refractivity contribution in [3.05, 3.63) is 66.9 Å². The summed E-state index contributed by atoms with van der Waals surface area (Å²) >= 11 is 0. The van der Waals surface area contributed by atoms with Gasteiger partial charge in [-0.25, -0.2) is 9.50 Å². The van der Waals surface area contributed by atoms with Gasteiger partial charge in [-0.2, -0.15) is 5.10 Å². The second kappa shape index (κ2) is 9.36. The van der Waals surface area contributed by atoms with E-state index >= 15 is 0 Å². The summed E-state index contributed by atoms with van der Waals surface area (Å²) in [4.78, 5) is 21.2. The smallest absolute Gasteiger partial charge is 0.289 e. The van der Waals surface area contributed by atoms with Crippen LogP contribution in [-0.4, -0.2) is 58.2 Å². The summed E-state index contributed by atoms with van der Waals surface area (Å²) in [6.45, 7) is 5.51. The Bertz CT molecular complexity index is 1210. The third-order valence-electron chi connectivity index (χ3n) is 5.88. The molecule has 4 heterocycles. The normalized spacial score (nSPS) is 14.1. The van der Waals surface area contributed by atoms with Gasteiger partial charge in [0.25, 0.3) is 5.91 Å². The van der Waals surface area contributed by atoms with Crippen LogP contribution in [0.3, 0.4) is 0 Å². The summed E-state index contributed by atoms with van der Waals surface area (Å²) in [5, 5.41) is 4.75. The molecule has 0 radical (unpaired) electrons. The molecule has 8 nitrogen and oxygen atoms in total. The number of furan rings is 1. The molecule has 0 unspecified atom stereocenters. The van der Waals surface area contributed by atoms with Crippen molar-refractivity contribution in [2.24, 2.45) is 0 Å². The number of fused-ring (bicyclic) bond motifs is 1. The third kappa shape index (κ3) is 4.41. The van der Waals surface area contributed by atoms with E-state index in [1.807, 2.05) is 39.9 Å². The van der Waals surface area contributed by atoms with Crippen LogP contribution in [-0.2, 0) is 0 Å². The zero-order valence-corrected chi connectivity index (χ0v) is 18.7. The number of rotatable bonds is 7. The van der Waals surface area contributed by atoms with Crippen LogP contribution in [0.25, 0.3) is 16.8 Å². The maximum atomic E-state index is 12.5. The minimum Gasteiger partial charge on any atom is -0.494 e. The van der Waals surface area contributed by atoms with E-state index in [1.165, 1.54) is 6.26 Å². The quantitative estimate of drug-likeness (QED) is 0.398. The zero-order valence-electron chi connectivity index (χ0n) is 18.7. The number of anilines is 1. The van der Waals surface area contributed by atoms with Gasteiger partial charge < -0.3 is 19.0 Å². The number of unbranched alkanes of at least 4 members (excludes halogenated alkanes) is 1. The highest BCUT2D eigenvalue weighted by Crippen LogP contribution is 2.27. The first kappa shape index (κ1) is 21.1. The highest BCUT2D eigenvalue weighted by Gasteiger charge is 2.25. The predicted octanol–water partition coefficient (Wildman–Crippen LogP) is 4.13. The SMILES string of the molecule is CCCCOc1ccc(-c2cc3c(N4CCN(C(=O)c5ccco5)CC4)nccn3n2)cc1. The van der Waals surface area contributed by atoms with Crippen molar-refractivity contribution < 1.29 is 13.9 Å². The first-order valence-electron chi connectivity index (χ1n) is 11.4. The molecule has 0 atom stereocenters. The van der Waals surface area contributed by atoms with Crippen LogP contribution in [0.2, 0.25) is 0 Å². The number of amides is 1. The Morgan fingerprint density at radius 1 is 1.12 bits per heavy atom. The molecule has 1 amide bonds. The average molecular weight is 446 g/mol. The fourth-order valence-electron chi connectivity index (χ4n) is 4.03. The topological polar surface area (TPSA) is 76.1 Å². The Morgan fingerprint density at radius 3 is 2.67 bits per heavy atom. The van der Waals surface area contributed by atoms with E-state index in [9.17, 15) is 4.79 Å². The Hall–Kier alpha value is -3.81. The number of piperazine rings is 1. The van der Waals surface area contributed by atoms with Gasteiger partial charge in [-0.3, -0.25) is 4.79 Å². The Kier molecular flexibility index (Phi) is 5.97. The Labute approximate surface area is 192 Å². The van der Waals surface area contributed by atoms with Crippen LogP contribution < -0.4 is 9.64 Å². The molecule has 8 heteroatoms. The highest BCUT2D eigenvalue weighted by atomic mass is 16.5. The molecule has 1 aromatic carbocycles. The van der Waals surface area contributed by atoms with E-state index in [0.717, 1.165) is 47.8 Å². The van der Waals surface area contributed by atoms with E-state index in [2.05, 4.69) is 22.9 Å². The number of carbonyl (C=O) groups is 1. The van der Waals surface area contributed by atoms with Crippen LogP contribution in [0, 0.1) is 0 Å². The first-order chi connectivity index (χ1) is 16.2. The largest absolute Gasteiger partial charge is 0.494 e. The zero-order chi connectivity index (χ0) is 22.6. The molecular formula is C25H27N5O3. The molecule has 170 valence electrons. The molecule has 0 bridgehead atoms. The summed E-state index contributed by atoms with van der Waals surface area (Å²) < 4.78 is 12.9. The van der Waals surface area contributed by atoms with Crippen molar-refractivity contribution >= 4 is 17.2 Å². The molecule has 1 aliphatic rings. The summed E-state index contributed by atoms with van der Waals surface area (Å²) in [6, 6.07) is 13.6. The number of benzene rings is 1. The maximum Gasteiger partial charge on any atom is 0.289 e. The summed E-state index contributed by atoms with van der Waals surface area (Å²) in [5.74, 6) is 2.06. The lowest BCUT2D eigenvalue weighted by Gasteiger charge is -2.35. The maximum absolute atomic E-state index is 12.5. The van der Waals surface area contributed by atoms with Crippen LogP contribution in [0.4, 0.5) is 5.82 Å². The van der Waals surface area contributed by atoms with Gasteiger partial charge in [0.1, 0.15) is 11.3 Å². The molecule has 5 rings (SSSR count). The van der Waals surface area contributed by atoms with E-state index in [4.69, 9.17) is 14.3 Å². The molecule has 0 spiro atoms. The molecule has 1 saturated heterocycles. The fraction of sp³-hybridized carbons (Fsp3) is 0.320. The van der Waals surface area contributed by atoms with Gasteiger partial charge in [0, 0.05) is 44.1 Å². The molecule has 0 N–H and O–H groups in total. The number of ether oxygens (including phenoxy) is 1. The number of carbonyl (C=O) groups excluding carboxylic acids is 1. The summed E-state index contributed by atoms with van der Waals surface area (Å²) in [6.07, 6.45) is 7.32. The van der Waals surface area contributed by atoms with Crippen molar-refractivity contribution in [2.45, 2.75) is 19.8 Å². The fourth-order valence-corrected chi connectivity index (χ4v) is 4.03. The number of hydrogen-bond donors (Lipinski definition) is 0. The molecule has 0 saturated carbocycles. The molecule has 1 fully saturated rings. The van der Waals surface area contributed by atoms with Crippen LogP contribution >= 0.6 is 0 Å². The summed E-state index contributed by atoms with van der Waals surface area (Å²) in [5.41, 5.74) is 2.86. The van der Waals surface area contributed by atoms with E-state index in [1.54, 1.807) is 18.3 Å². The monoisotopic (exact) mass is 445 g/mol. The summed E-state index contributed by atoms with van der Waals surface area (Å²) in [7, 11) is 0. The predicted molar refractivity (Wildman–Crippen MR) is 126 cm³/mol. The Morgan fingerprint density at radius 2 is 1.94 bits per heavy atom. The van der Waals surface area contributed by atoms with Gasteiger partial charge in [-0.1, -0.05) is 13.3 Å². The van der Waals surface area contributed by atoms with Crippen molar-refractivity contribution in [1.29, 1.82) is 0 Å². The third-order valence-corrected chi connectivity index (χ3v) is 5.88. The second-order valence-electron chi connectivity index (χ2n) is 8.09. The first-order valence-corrected chi connectivity index (χ1v) is 11.4. The number of hydrogen-bond acceptors (Lipinski definition) is 6. The van der Waals surface area contributed by atoms with E-state index in [-0.39, 0.29) is 5.91 Å². The molecule has 3 aromatic heterocycles. The van der Waals surface area contributed by atoms with Gasteiger partial charge >= 0.3 is 0 Å². The Balaban J connectivity index is 1.31. The van der Waals surface area contributed by atoms with E-state index in [0.29, 0.717) is 31.9 Å². The van der Waals surface area contributed by atoms with Crippen molar-refractivity contribution in [3.8, 4) is 17.0 Å². The molecule has 4 aromatic rings. The van der Waals surface area contributed by atoms with Crippen LogP contribution in [0.1, 0.15) is 30.3 Å². The molecular weight excluding hydrogens is 418 g/mol. The lowest BCUT2D eigenvalue weighted by Crippen LogP contribution is -2.49. The van der Waals surface area contributed by atoms with E-state index < -0.39 is 0 Å². The highest BCUT2D eigenvalue weighted by molar-refractivity contribution is 5.91. The van der Waals surface area contributed by atoms with Crippen LogP contribution in [0.5, 0.6) is 5.75 Å². The molecule has 0 aliphatic carbocycles. The minimum atomic E-state index is -0.0698. The average Bonchev–Trinajstić information content (AvgIpc) is 3.55. The number of nitrogens with zero attached hydrogens (tertiary/aromatic N) is 5. The molecule has 1 aliphatic heterocycles. The lowest BCUT2D eigenvalue weighted by atomic mass is 10.1. The van der Waals surface area contributed by atoms with Crippen molar-refractivity contribution in [1.82, 2.24) is 19.5 Å². The van der Waals surface area contributed by atoms with Gasteiger partial charge in [-0.05, 0) is 48.9 Å². The van der Waals surface area contributed by atoms with Crippen molar-refractivity contribution in [2.75, 3.05) is 37.7 Å². The van der Waals surface area contributed by atoms with Crippen molar-refractivity contribution in [3.63, 3.8) is 0 Å². The second-order valence-corrected chi connectivity index (χ2v) is 8.09. The lowest BCUT2D eigenvalue weighted by molar-refractivity contribution is 0.0714. The van der Waals surface area contributed by atoms with Gasteiger partial charge in [0.2, 0.25) is 0 Å². The van der Waals surface area contributed by atoms with Gasteiger partial charge in [0.05, 0.1) is 18.6 Å². The molecule has 33 heavy (non-hydrogen) atoms. The van der Waals surface area contributed by atoms with Gasteiger partial charge in [0.15, 0.2) is 11.6 Å². The minimum absolute atomic E-state index is 0.0698. The standard InChI is InChI=1S/C25H27N5O3/c1-2-3-16-32-20-8-6-19(7-9-20)21-18-22-24(26-10-11-30(22)27-21)28-12-14-29(15-13-28)25(31)23-5-4-17-33-23/h4-11,17-18H,2-3,12-16H2,1H3. The van der Waals surface area contributed by atoms with Gasteiger partial charge in [-0.15, -0.1) is 0 Å².